The first-order valence-corrected chi connectivity index (χ1v) is 6.83. The zero-order valence-electron chi connectivity index (χ0n) is 11.3. The van der Waals surface area contributed by atoms with Crippen molar-refractivity contribution < 1.29 is 19.9 Å². The second-order valence-electron chi connectivity index (χ2n) is 5.17. The fourth-order valence-corrected chi connectivity index (χ4v) is 2.84. The lowest BCUT2D eigenvalue weighted by molar-refractivity contribution is -0.384. The van der Waals surface area contributed by atoms with E-state index in [2.05, 4.69) is 0 Å². The SMILES string of the molecule is CC1CN(c2c(Cl)cc([N+](=O)[O-])cc2C(=O)O)CCC1O. The minimum Gasteiger partial charge on any atom is -0.478 e. The fourth-order valence-electron chi connectivity index (χ4n) is 2.51. The molecule has 2 atom stereocenters. The highest BCUT2D eigenvalue weighted by Crippen LogP contribution is 2.36. The first kappa shape index (κ1) is 15.5. The molecule has 1 aliphatic rings. The van der Waals surface area contributed by atoms with E-state index in [0.29, 0.717) is 19.5 Å². The highest BCUT2D eigenvalue weighted by molar-refractivity contribution is 6.34. The Hall–Kier alpha value is -1.86. The van der Waals surface area contributed by atoms with Crippen LogP contribution in [-0.4, -0.2) is 40.3 Å². The number of carboxylic acids is 1. The van der Waals surface area contributed by atoms with E-state index < -0.39 is 17.0 Å². The molecule has 0 amide bonds. The number of carbonyl (C=O) groups is 1. The maximum atomic E-state index is 11.4. The monoisotopic (exact) mass is 314 g/mol. The molecule has 7 nitrogen and oxygen atoms in total. The third-order valence-electron chi connectivity index (χ3n) is 3.67. The molecule has 1 aromatic carbocycles. The summed E-state index contributed by atoms with van der Waals surface area (Å²) in [6.07, 6.45) is 0.0550. The van der Waals surface area contributed by atoms with Gasteiger partial charge in [-0.1, -0.05) is 18.5 Å². The molecule has 1 aliphatic heterocycles. The van der Waals surface area contributed by atoms with Crippen molar-refractivity contribution in [1.29, 1.82) is 0 Å². The minimum atomic E-state index is -1.27. The van der Waals surface area contributed by atoms with Crippen LogP contribution in [0.15, 0.2) is 12.1 Å². The predicted molar refractivity (Wildman–Crippen MR) is 77.1 cm³/mol. The van der Waals surface area contributed by atoms with Crippen LogP contribution in [0.2, 0.25) is 5.02 Å². The van der Waals surface area contributed by atoms with Crippen molar-refractivity contribution in [2.75, 3.05) is 18.0 Å². The van der Waals surface area contributed by atoms with E-state index in [1.165, 1.54) is 0 Å². The molecule has 21 heavy (non-hydrogen) atoms. The van der Waals surface area contributed by atoms with Gasteiger partial charge in [-0.2, -0.15) is 0 Å². The van der Waals surface area contributed by atoms with Gasteiger partial charge in [-0.3, -0.25) is 10.1 Å². The quantitative estimate of drug-likeness (QED) is 0.654. The number of non-ortho nitro benzene ring substituents is 1. The molecule has 114 valence electrons. The lowest BCUT2D eigenvalue weighted by Crippen LogP contribution is -2.42. The number of nitro groups is 1. The van der Waals surface area contributed by atoms with E-state index in [1.54, 1.807) is 4.90 Å². The van der Waals surface area contributed by atoms with Crippen LogP contribution in [0.3, 0.4) is 0 Å². The number of nitro benzene ring substituents is 1. The third kappa shape index (κ3) is 3.08. The summed E-state index contributed by atoms with van der Waals surface area (Å²) in [7, 11) is 0. The molecule has 0 spiro atoms. The molecule has 1 aromatic rings. The Bertz CT molecular complexity index is 592. The van der Waals surface area contributed by atoms with Gasteiger partial charge < -0.3 is 15.1 Å². The number of halogens is 1. The summed E-state index contributed by atoms with van der Waals surface area (Å²) in [6, 6.07) is 2.16. The van der Waals surface area contributed by atoms with Crippen LogP contribution in [0, 0.1) is 16.0 Å². The number of hydrogen-bond donors (Lipinski definition) is 2. The summed E-state index contributed by atoms with van der Waals surface area (Å²) in [5.41, 5.74) is -0.280. The summed E-state index contributed by atoms with van der Waals surface area (Å²) < 4.78 is 0. The Morgan fingerprint density at radius 3 is 2.71 bits per heavy atom. The van der Waals surface area contributed by atoms with Crippen molar-refractivity contribution in [3.8, 4) is 0 Å². The first-order chi connectivity index (χ1) is 9.81. The molecule has 1 fully saturated rings. The third-order valence-corrected chi connectivity index (χ3v) is 3.95. The number of anilines is 1. The van der Waals surface area contributed by atoms with Crippen molar-refractivity contribution in [3.63, 3.8) is 0 Å². The van der Waals surface area contributed by atoms with Crippen molar-refractivity contribution in [2.24, 2.45) is 5.92 Å². The molecular weight excluding hydrogens is 300 g/mol. The second-order valence-corrected chi connectivity index (χ2v) is 5.57. The summed E-state index contributed by atoms with van der Waals surface area (Å²) in [4.78, 5) is 23.3. The largest absolute Gasteiger partial charge is 0.478 e. The van der Waals surface area contributed by atoms with E-state index in [-0.39, 0.29) is 27.9 Å². The Labute approximate surface area is 125 Å². The van der Waals surface area contributed by atoms with Gasteiger partial charge in [0.25, 0.3) is 5.69 Å². The van der Waals surface area contributed by atoms with Crippen LogP contribution >= 0.6 is 11.6 Å². The number of nitrogens with zero attached hydrogens (tertiary/aromatic N) is 2. The minimum absolute atomic E-state index is 0.0326. The van der Waals surface area contributed by atoms with Crippen LogP contribution < -0.4 is 4.90 Å². The van der Waals surface area contributed by atoms with Gasteiger partial charge in [-0.05, 0) is 12.3 Å². The average Bonchev–Trinajstić information content (AvgIpc) is 2.41. The smallest absolute Gasteiger partial charge is 0.338 e. The van der Waals surface area contributed by atoms with Gasteiger partial charge in [0.15, 0.2) is 0 Å². The van der Waals surface area contributed by atoms with E-state index >= 15 is 0 Å². The Morgan fingerprint density at radius 2 is 2.19 bits per heavy atom. The van der Waals surface area contributed by atoms with Crippen LogP contribution in [0.25, 0.3) is 0 Å². The van der Waals surface area contributed by atoms with Gasteiger partial charge in [0, 0.05) is 25.2 Å². The van der Waals surface area contributed by atoms with Gasteiger partial charge in [0.2, 0.25) is 0 Å². The fraction of sp³-hybridized carbons (Fsp3) is 0.462. The van der Waals surface area contributed by atoms with E-state index in [4.69, 9.17) is 11.6 Å². The summed E-state index contributed by atoms with van der Waals surface area (Å²) in [5.74, 6) is -1.30. The summed E-state index contributed by atoms with van der Waals surface area (Å²) >= 11 is 6.07. The van der Waals surface area contributed by atoms with Crippen molar-refractivity contribution >= 4 is 28.9 Å². The zero-order chi connectivity index (χ0) is 15.7. The highest BCUT2D eigenvalue weighted by atomic mass is 35.5. The van der Waals surface area contributed by atoms with Gasteiger partial charge in [-0.25, -0.2) is 4.79 Å². The van der Waals surface area contributed by atoms with E-state index in [9.17, 15) is 25.1 Å². The van der Waals surface area contributed by atoms with Crippen LogP contribution in [0.4, 0.5) is 11.4 Å². The summed E-state index contributed by atoms with van der Waals surface area (Å²) in [6.45, 7) is 2.75. The Balaban J connectivity index is 2.47. The van der Waals surface area contributed by atoms with Gasteiger partial charge in [0.05, 0.1) is 27.3 Å². The lowest BCUT2D eigenvalue weighted by Gasteiger charge is -2.36. The predicted octanol–water partition coefficient (Wildman–Crippen LogP) is 2.15. The molecule has 0 aliphatic carbocycles. The van der Waals surface area contributed by atoms with Crippen LogP contribution in [0.1, 0.15) is 23.7 Å². The number of aromatic carboxylic acids is 1. The number of carboxylic acid groups (broad SMARTS) is 1. The van der Waals surface area contributed by atoms with Crippen molar-refractivity contribution in [1.82, 2.24) is 0 Å². The molecule has 2 N–H and O–H groups in total. The number of piperidine rings is 1. The number of aliphatic hydroxyl groups is 1. The molecule has 2 rings (SSSR count). The number of benzene rings is 1. The normalized spacial score (nSPS) is 22.1. The maximum absolute atomic E-state index is 11.4. The maximum Gasteiger partial charge on any atom is 0.338 e. The average molecular weight is 315 g/mol. The number of rotatable bonds is 3. The standard InChI is InChI=1S/C13H15ClN2O5/c1-7-6-15(3-2-11(7)17)12-9(13(18)19)4-8(16(20)21)5-10(12)14/h4-5,7,11,17H,2-3,6H2,1H3,(H,18,19). The Kier molecular flexibility index (Phi) is 4.34. The zero-order valence-corrected chi connectivity index (χ0v) is 12.1. The van der Waals surface area contributed by atoms with Crippen LogP contribution in [-0.2, 0) is 0 Å². The topological polar surface area (TPSA) is 104 Å². The van der Waals surface area contributed by atoms with Crippen LogP contribution in [0.5, 0.6) is 0 Å². The van der Waals surface area contributed by atoms with Gasteiger partial charge in [0.1, 0.15) is 0 Å². The summed E-state index contributed by atoms with van der Waals surface area (Å²) in [5, 5.41) is 29.9. The number of aliphatic hydroxyl groups excluding tert-OH is 1. The Morgan fingerprint density at radius 1 is 1.52 bits per heavy atom. The number of hydrogen-bond acceptors (Lipinski definition) is 5. The van der Waals surface area contributed by atoms with Gasteiger partial charge >= 0.3 is 5.97 Å². The molecule has 0 radical (unpaired) electrons. The van der Waals surface area contributed by atoms with Crippen molar-refractivity contribution in [3.05, 3.63) is 32.8 Å². The molecular formula is C13H15ClN2O5. The second kappa shape index (κ2) is 5.87. The molecule has 8 heteroatoms. The molecule has 1 saturated heterocycles. The lowest BCUT2D eigenvalue weighted by atomic mass is 9.95. The van der Waals surface area contributed by atoms with Gasteiger partial charge in [-0.15, -0.1) is 0 Å². The molecule has 0 saturated carbocycles. The van der Waals surface area contributed by atoms with E-state index in [0.717, 1.165) is 12.1 Å². The molecule has 1 heterocycles. The molecule has 0 aromatic heterocycles. The highest BCUT2D eigenvalue weighted by Gasteiger charge is 2.29. The molecule has 0 bridgehead atoms. The van der Waals surface area contributed by atoms with Crippen molar-refractivity contribution in [2.45, 2.75) is 19.4 Å². The van der Waals surface area contributed by atoms with E-state index in [1.807, 2.05) is 6.92 Å². The first-order valence-electron chi connectivity index (χ1n) is 6.45. The molecule has 2 unspecified atom stereocenters.